The first kappa shape index (κ1) is 10.3. The van der Waals surface area contributed by atoms with Crippen molar-refractivity contribution in [3.63, 3.8) is 0 Å². The van der Waals surface area contributed by atoms with Crippen LogP contribution in [0.1, 0.15) is 31.2 Å². The van der Waals surface area contributed by atoms with Crippen molar-refractivity contribution in [3.05, 3.63) is 35.6 Å². The Hall–Kier alpha value is -1.18. The zero-order valence-corrected chi connectivity index (χ0v) is 8.71. The van der Waals surface area contributed by atoms with Crippen molar-refractivity contribution in [3.8, 4) is 0 Å². The van der Waals surface area contributed by atoms with Crippen LogP contribution in [0.15, 0.2) is 24.3 Å². The molecule has 80 valence electrons. The van der Waals surface area contributed by atoms with Crippen molar-refractivity contribution in [1.82, 2.24) is 0 Å². The Morgan fingerprint density at radius 2 is 1.80 bits per heavy atom. The van der Waals surface area contributed by atoms with E-state index >= 15 is 0 Å². The Balaban J connectivity index is 1.96. The van der Waals surface area contributed by atoms with E-state index in [-0.39, 0.29) is 11.7 Å². The van der Waals surface area contributed by atoms with Gasteiger partial charge in [-0.15, -0.1) is 0 Å². The highest BCUT2D eigenvalue weighted by molar-refractivity contribution is 5.83. The van der Waals surface area contributed by atoms with Gasteiger partial charge in [-0.2, -0.15) is 0 Å². The first-order chi connectivity index (χ1) is 7.25. The molecule has 0 spiro atoms. The molecular weight excluding hydrogens is 191 g/mol. The molecule has 1 nitrogen and oxygen atoms in total. The van der Waals surface area contributed by atoms with Crippen LogP contribution >= 0.6 is 0 Å². The number of hydrogen-bond acceptors (Lipinski definition) is 1. The zero-order valence-electron chi connectivity index (χ0n) is 8.71. The molecule has 0 heterocycles. The molecule has 1 saturated carbocycles. The second-order valence-electron chi connectivity index (χ2n) is 4.25. The van der Waals surface area contributed by atoms with Crippen LogP contribution in [-0.4, -0.2) is 5.78 Å². The highest BCUT2D eigenvalue weighted by atomic mass is 19.1. The second-order valence-corrected chi connectivity index (χ2v) is 4.25. The molecule has 0 aliphatic heterocycles. The molecular formula is C13H15FO. The fraction of sp³-hybridized carbons (Fsp3) is 0.462. The van der Waals surface area contributed by atoms with Gasteiger partial charge in [0.05, 0.1) is 0 Å². The number of hydrogen-bond donors (Lipinski definition) is 0. The lowest BCUT2D eigenvalue weighted by molar-refractivity contribution is -0.122. The fourth-order valence-corrected chi connectivity index (χ4v) is 2.20. The van der Waals surface area contributed by atoms with Crippen LogP contribution in [0.5, 0.6) is 0 Å². The molecule has 15 heavy (non-hydrogen) atoms. The number of halogens is 1. The van der Waals surface area contributed by atoms with E-state index in [0.717, 1.165) is 18.4 Å². The number of ketones is 1. The highest BCUT2D eigenvalue weighted by Crippen LogP contribution is 2.26. The third kappa shape index (κ3) is 2.65. The van der Waals surface area contributed by atoms with E-state index in [1.54, 1.807) is 12.1 Å². The van der Waals surface area contributed by atoms with Gasteiger partial charge in [0, 0.05) is 12.3 Å². The van der Waals surface area contributed by atoms with Crippen LogP contribution in [0.2, 0.25) is 0 Å². The van der Waals surface area contributed by atoms with E-state index in [0.29, 0.717) is 12.2 Å². The largest absolute Gasteiger partial charge is 0.299 e. The minimum absolute atomic E-state index is 0.243. The van der Waals surface area contributed by atoms with Gasteiger partial charge in [-0.3, -0.25) is 4.79 Å². The standard InChI is InChI=1S/C13H15FO/c14-12-7-5-10(6-8-12)9-13(15)11-3-1-2-4-11/h5-8,11H,1-4,9H2. The van der Waals surface area contributed by atoms with Crippen molar-refractivity contribution in [2.75, 3.05) is 0 Å². The van der Waals surface area contributed by atoms with Gasteiger partial charge in [0.1, 0.15) is 11.6 Å². The monoisotopic (exact) mass is 206 g/mol. The summed E-state index contributed by atoms with van der Waals surface area (Å²) >= 11 is 0. The minimum atomic E-state index is -0.243. The van der Waals surface area contributed by atoms with E-state index in [1.807, 2.05) is 0 Å². The molecule has 2 rings (SSSR count). The van der Waals surface area contributed by atoms with Crippen LogP contribution in [0.3, 0.4) is 0 Å². The van der Waals surface area contributed by atoms with Gasteiger partial charge in [0.25, 0.3) is 0 Å². The highest BCUT2D eigenvalue weighted by Gasteiger charge is 2.22. The smallest absolute Gasteiger partial charge is 0.140 e. The number of carbonyl (C=O) groups excluding carboxylic acids is 1. The Bertz CT molecular complexity index is 336. The van der Waals surface area contributed by atoms with Crippen LogP contribution in [-0.2, 0) is 11.2 Å². The predicted octanol–water partition coefficient (Wildman–Crippen LogP) is 3.13. The average molecular weight is 206 g/mol. The van der Waals surface area contributed by atoms with Crippen molar-refractivity contribution in [2.45, 2.75) is 32.1 Å². The summed E-state index contributed by atoms with van der Waals surface area (Å²) in [6.45, 7) is 0. The SMILES string of the molecule is O=C(Cc1ccc(F)cc1)C1CCCC1. The molecule has 1 aliphatic carbocycles. The normalized spacial score (nSPS) is 16.9. The summed E-state index contributed by atoms with van der Waals surface area (Å²) in [6.07, 6.45) is 4.91. The molecule has 0 amide bonds. The fourth-order valence-electron chi connectivity index (χ4n) is 2.20. The molecule has 1 aliphatic rings. The molecule has 0 N–H and O–H groups in total. The van der Waals surface area contributed by atoms with Gasteiger partial charge >= 0.3 is 0 Å². The van der Waals surface area contributed by atoms with E-state index < -0.39 is 0 Å². The molecule has 0 aromatic heterocycles. The number of Topliss-reactive ketones (excluding diaryl/α,β-unsaturated/α-hetero) is 1. The summed E-state index contributed by atoms with van der Waals surface area (Å²) in [7, 11) is 0. The lowest BCUT2D eigenvalue weighted by Crippen LogP contribution is -2.13. The lowest BCUT2D eigenvalue weighted by atomic mass is 9.97. The summed E-state index contributed by atoms with van der Waals surface area (Å²) in [6, 6.07) is 6.22. The minimum Gasteiger partial charge on any atom is -0.299 e. The molecule has 1 aromatic rings. The van der Waals surface area contributed by atoms with Gasteiger partial charge in [-0.05, 0) is 30.5 Å². The summed E-state index contributed by atoms with van der Waals surface area (Å²) in [5.41, 5.74) is 0.924. The number of benzene rings is 1. The van der Waals surface area contributed by atoms with Crippen molar-refractivity contribution >= 4 is 5.78 Å². The zero-order chi connectivity index (χ0) is 10.7. The van der Waals surface area contributed by atoms with Crippen molar-refractivity contribution in [1.29, 1.82) is 0 Å². The van der Waals surface area contributed by atoms with Gasteiger partial charge in [-0.1, -0.05) is 25.0 Å². The third-order valence-electron chi connectivity index (χ3n) is 3.10. The molecule has 0 bridgehead atoms. The number of rotatable bonds is 3. The lowest BCUT2D eigenvalue weighted by Gasteiger charge is -2.07. The first-order valence-electron chi connectivity index (χ1n) is 5.53. The van der Waals surface area contributed by atoms with Gasteiger partial charge in [-0.25, -0.2) is 4.39 Å². The predicted molar refractivity (Wildman–Crippen MR) is 57.1 cm³/mol. The molecule has 0 atom stereocenters. The molecule has 0 unspecified atom stereocenters. The Morgan fingerprint density at radius 3 is 2.40 bits per heavy atom. The van der Waals surface area contributed by atoms with Gasteiger partial charge in [0.15, 0.2) is 0 Å². The summed E-state index contributed by atoms with van der Waals surface area (Å²) in [5.74, 6) is 0.334. The third-order valence-corrected chi connectivity index (χ3v) is 3.10. The summed E-state index contributed by atoms with van der Waals surface area (Å²) < 4.78 is 12.6. The Kier molecular flexibility index (Phi) is 3.14. The van der Waals surface area contributed by atoms with Gasteiger partial charge < -0.3 is 0 Å². The van der Waals surface area contributed by atoms with Crippen LogP contribution < -0.4 is 0 Å². The van der Waals surface area contributed by atoms with Crippen molar-refractivity contribution in [2.24, 2.45) is 5.92 Å². The maximum Gasteiger partial charge on any atom is 0.140 e. The Morgan fingerprint density at radius 1 is 1.20 bits per heavy atom. The maximum absolute atomic E-state index is 12.6. The quantitative estimate of drug-likeness (QED) is 0.742. The molecule has 2 heteroatoms. The van der Waals surface area contributed by atoms with Crippen LogP contribution in [0, 0.1) is 11.7 Å². The van der Waals surface area contributed by atoms with Crippen LogP contribution in [0.4, 0.5) is 4.39 Å². The maximum atomic E-state index is 12.6. The molecule has 1 fully saturated rings. The topological polar surface area (TPSA) is 17.1 Å². The van der Waals surface area contributed by atoms with E-state index in [4.69, 9.17) is 0 Å². The first-order valence-corrected chi connectivity index (χ1v) is 5.53. The van der Waals surface area contributed by atoms with E-state index in [9.17, 15) is 9.18 Å². The van der Waals surface area contributed by atoms with Crippen LogP contribution in [0.25, 0.3) is 0 Å². The van der Waals surface area contributed by atoms with Gasteiger partial charge in [0.2, 0.25) is 0 Å². The summed E-state index contributed by atoms with van der Waals surface area (Å²) in [4.78, 5) is 11.8. The second kappa shape index (κ2) is 4.56. The molecule has 0 radical (unpaired) electrons. The summed E-state index contributed by atoms with van der Waals surface area (Å²) in [5, 5.41) is 0. The molecule has 1 aromatic carbocycles. The van der Waals surface area contributed by atoms with E-state index in [1.165, 1.54) is 25.0 Å². The number of carbonyl (C=O) groups is 1. The Labute approximate surface area is 89.3 Å². The van der Waals surface area contributed by atoms with E-state index in [2.05, 4.69) is 0 Å². The average Bonchev–Trinajstić information content (AvgIpc) is 2.74. The van der Waals surface area contributed by atoms with Crippen molar-refractivity contribution < 1.29 is 9.18 Å². The molecule has 0 saturated heterocycles.